The predicted molar refractivity (Wildman–Crippen MR) is 82.7 cm³/mol. The molecule has 0 fully saturated rings. The minimum absolute atomic E-state index is 0.357. The summed E-state index contributed by atoms with van der Waals surface area (Å²) < 4.78 is 31.5. The maximum Gasteiger partial charge on any atom is 0.252 e. The lowest BCUT2D eigenvalue weighted by Crippen LogP contribution is -2.29. The SMILES string of the molecule is COCCN(C)S(=O)(=O)c1cc(C)c(CNC(C)C)s1. The second-order valence-corrected chi connectivity index (χ2v) is 8.44. The van der Waals surface area contributed by atoms with Crippen LogP contribution in [0.1, 0.15) is 24.3 Å². The highest BCUT2D eigenvalue weighted by Crippen LogP contribution is 2.28. The molecule has 7 heteroatoms. The normalized spacial score (nSPS) is 12.6. The first-order valence-corrected chi connectivity index (χ1v) is 8.82. The Labute approximate surface area is 126 Å². The third-order valence-corrected chi connectivity index (χ3v) is 6.49. The molecule has 0 amide bonds. The first kappa shape index (κ1) is 17.6. The Hall–Kier alpha value is -0.470. The monoisotopic (exact) mass is 320 g/mol. The van der Waals surface area contributed by atoms with Crippen LogP contribution in [0.5, 0.6) is 0 Å². The number of hydrogen-bond donors (Lipinski definition) is 1. The topological polar surface area (TPSA) is 58.6 Å². The van der Waals surface area contributed by atoms with E-state index in [2.05, 4.69) is 19.2 Å². The number of methoxy groups -OCH3 is 1. The van der Waals surface area contributed by atoms with Crippen LogP contribution in [-0.4, -0.2) is 46.1 Å². The summed E-state index contributed by atoms with van der Waals surface area (Å²) in [5, 5.41) is 3.31. The van der Waals surface area contributed by atoms with Gasteiger partial charge in [-0.15, -0.1) is 11.3 Å². The van der Waals surface area contributed by atoms with E-state index in [9.17, 15) is 8.42 Å². The molecule has 0 aliphatic heterocycles. The molecule has 1 aromatic rings. The summed E-state index contributed by atoms with van der Waals surface area (Å²) in [6.07, 6.45) is 0. The average molecular weight is 320 g/mol. The van der Waals surface area contributed by atoms with Gasteiger partial charge in [-0.2, -0.15) is 4.31 Å². The van der Waals surface area contributed by atoms with Crippen LogP contribution in [0.3, 0.4) is 0 Å². The van der Waals surface area contributed by atoms with E-state index in [4.69, 9.17) is 4.74 Å². The van der Waals surface area contributed by atoms with Crippen LogP contribution in [0.2, 0.25) is 0 Å². The first-order chi connectivity index (χ1) is 9.28. The molecular weight excluding hydrogens is 296 g/mol. The molecule has 5 nitrogen and oxygen atoms in total. The Morgan fingerprint density at radius 2 is 2.10 bits per heavy atom. The van der Waals surface area contributed by atoms with Crippen molar-refractivity contribution in [2.24, 2.45) is 0 Å². The lowest BCUT2D eigenvalue weighted by molar-refractivity contribution is 0.185. The van der Waals surface area contributed by atoms with Gasteiger partial charge in [0, 0.05) is 38.2 Å². The van der Waals surface area contributed by atoms with Crippen molar-refractivity contribution in [2.75, 3.05) is 27.3 Å². The molecule has 0 aliphatic carbocycles. The van der Waals surface area contributed by atoms with Gasteiger partial charge in [0.15, 0.2) is 0 Å². The molecule has 1 rings (SSSR count). The standard InChI is InChI=1S/C13H24N2O3S2/c1-10(2)14-9-12-11(3)8-13(19-12)20(16,17)15(4)6-7-18-5/h8,10,14H,6-7,9H2,1-5H3. The van der Waals surface area contributed by atoms with Crippen LogP contribution < -0.4 is 5.32 Å². The highest BCUT2D eigenvalue weighted by Gasteiger charge is 2.23. The van der Waals surface area contributed by atoms with Crippen LogP contribution in [0.25, 0.3) is 0 Å². The molecule has 0 spiro atoms. The number of ether oxygens (including phenoxy) is 1. The fourth-order valence-electron chi connectivity index (χ4n) is 1.58. The van der Waals surface area contributed by atoms with Gasteiger partial charge in [0.2, 0.25) is 0 Å². The van der Waals surface area contributed by atoms with E-state index in [1.165, 1.54) is 15.6 Å². The molecule has 0 unspecified atom stereocenters. The highest BCUT2D eigenvalue weighted by atomic mass is 32.2. The summed E-state index contributed by atoms with van der Waals surface area (Å²) >= 11 is 1.34. The van der Waals surface area contributed by atoms with Crippen molar-refractivity contribution >= 4 is 21.4 Å². The van der Waals surface area contributed by atoms with Crippen molar-refractivity contribution in [2.45, 2.75) is 37.6 Å². The van der Waals surface area contributed by atoms with Crippen molar-refractivity contribution < 1.29 is 13.2 Å². The fraction of sp³-hybridized carbons (Fsp3) is 0.692. The van der Waals surface area contributed by atoms with Crippen LogP contribution in [-0.2, 0) is 21.3 Å². The number of thiophene rings is 1. The van der Waals surface area contributed by atoms with Gasteiger partial charge in [0.1, 0.15) is 4.21 Å². The summed E-state index contributed by atoms with van der Waals surface area (Å²) in [5.41, 5.74) is 1.02. The number of rotatable bonds is 8. The molecule has 0 aromatic carbocycles. The first-order valence-electron chi connectivity index (χ1n) is 6.57. The van der Waals surface area contributed by atoms with E-state index in [0.717, 1.165) is 10.4 Å². The van der Waals surface area contributed by atoms with Crippen LogP contribution in [0.15, 0.2) is 10.3 Å². The molecular formula is C13H24N2O3S2. The number of nitrogens with one attached hydrogen (secondary N) is 1. The number of sulfonamides is 1. The smallest absolute Gasteiger partial charge is 0.252 e. The second kappa shape index (κ2) is 7.51. The van der Waals surface area contributed by atoms with E-state index in [-0.39, 0.29) is 0 Å². The minimum Gasteiger partial charge on any atom is -0.383 e. The Balaban J connectivity index is 2.88. The number of hydrogen-bond acceptors (Lipinski definition) is 5. The van der Waals surface area contributed by atoms with Gasteiger partial charge in [-0.1, -0.05) is 13.8 Å². The molecule has 116 valence electrons. The minimum atomic E-state index is -3.41. The van der Waals surface area contributed by atoms with Crippen molar-refractivity contribution in [1.29, 1.82) is 0 Å². The van der Waals surface area contributed by atoms with Gasteiger partial charge in [-0.05, 0) is 18.6 Å². The average Bonchev–Trinajstić information content (AvgIpc) is 2.75. The zero-order chi connectivity index (χ0) is 15.3. The van der Waals surface area contributed by atoms with Gasteiger partial charge in [0.25, 0.3) is 10.0 Å². The summed E-state index contributed by atoms with van der Waals surface area (Å²) in [6, 6.07) is 2.13. The predicted octanol–water partition coefficient (Wildman–Crippen LogP) is 1.82. The molecule has 1 heterocycles. The molecule has 0 aliphatic rings. The summed E-state index contributed by atoms with van der Waals surface area (Å²) in [6.45, 7) is 7.53. The van der Waals surface area contributed by atoms with E-state index in [1.807, 2.05) is 6.92 Å². The molecule has 1 aromatic heterocycles. The maximum absolute atomic E-state index is 12.4. The van der Waals surface area contributed by atoms with Gasteiger partial charge < -0.3 is 10.1 Å². The van der Waals surface area contributed by atoms with E-state index in [0.29, 0.717) is 29.9 Å². The third kappa shape index (κ3) is 4.53. The lowest BCUT2D eigenvalue weighted by Gasteiger charge is -2.15. The van der Waals surface area contributed by atoms with Crippen LogP contribution in [0.4, 0.5) is 0 Å². The molecule has 0 radical (unpaired) electrons. The van der Waals surface area contributed by atoms with Crippen molar-refractivity contribution in [3.63, 3.8) is 0 Å². The summed E-state index contributed by atoms with van der Waals surface area (Å²) in [5.74, 6) is 0. The van der Waals surface area contributed by atoms with Crippen molar-refractivity contribution in [3.05, 3.63) is 16.5 Å². The van der Waals surface area contributed by atoms with Gasteiger partial charge in [0.05, 0.1) is 6.61 Å². The van der Waals surface area contributed by atoms with Crippen LogP contribution >= 0.6 is 11.3 Å². The number of aryl methyl sites for hydroxylation is 1. The zero-order valence-electron chi connectivity index (χ0n) is 12.8. The zero-order valence-corrected chi connectivity index (χ0v) is 14.4. The molecule has 0 saturated heterocycles. The largest absolute Gasteiger partial charge is 0.383 e. The van der Waals surface area contributed by atoms with Gasteiger partial charge in [-0.25, -0.2) is 8.42 Å². The maximum atomic E-state index is 12.4. The second-order valence-electron chi connectivity index (χ2n) is 5.03. The van der Waals surface area contributed by atoms with Crippen LogP contribution in [0, 0.1) is 6.92 Å². The molecule has 0 atom stereocenters. The Bertz CT molecular complexity index is 524. The molecule has 0 saturated carbocycles. The molecule has 1 N–H and O–H groups in total. The Kier molecular flexibility index (Phi) is 6.60. The Morgan fingerprint density at radius 1 is 1.45 bits per heavy atom. The quantitative estimate of drug-likeness (QED) is 0.794. The summed E-state index contributed by atoms with van der Waals surface area (Å²) in [4.78, 5) is 1.07. The number of nitrogens with zero attached hydrogens (tertiary/aromatic N) is 1. The van der Waals surface area contributed by atoms with E-state index < -0.39 is 10.0 Å². The summed E-state index contributed by atoms with van der Waals surface area (Å²) in [7, 11) is -0.268. The van der Waals surface area contributed by atoms with Gasteiger partial charge >= 0.3 is 0 Å². The third-order valence-electron chi connectivity index (χ3n) is 2.94. The van der Waals surface area contributed by atoms with Gasteiger partial charge in [-0.3, -0.25) is 0 Å². The Morgan fingerprint density at radius 3 is 2.65 bits per heavy atom. The highest BCUT2D eigenvalue weighted by molar-refractivity contribution is 7.91. The number of likely N-dealkylation sites (N-methyl/N-ethyl adjacent to an activating group) is 1. The van der Waals surface area contributed by atoms with Crippen molar-refractivity contribution in [1.82, 2.24) is 9.62 Å². The molecule has 0 bridgehead atoms. The molecule has 20 heavy (non-hydrogen) atoms. The van der Waals surface area contributed by atoms with E-state index >= 15 is 0 Å². The lowest BCUT2D eigenvalue weighted by atomic mass is 10.3. The van der Waals surface area contributed by atoms with Crippen molar-refractivity contribution in [3.8, 4) is 0 Å². The fourth-order valence-corrected chi connectivity index (χ4v) is 4.49. The van der Waals surface area contributed by atoms with E-state index in [1.54, 1.807) is 20.2 Å².